The minimum atomic E-state index is -0.242. The number of hydrogen-bond donors (Lipinski definition) is 0. The Balaban J connectivity index is 2.25. The van der Waals surface area contributed by atoms with E-state index >= 15 is 0 Å². The molecule has 1 aliphatic carbocycles. The van der Waals surface area contributed by atoms with E-state index in [-0.39, 0.29) is 24.2 Å². The van der Waals surface area contributed by atoms with Gasteiger partial charge in [0.2, 0.25) is 0 Å². The maximum atomic E-state index is 12.2. The molecule has 2 rings (SSSR count). The van der Waals surface area contributed by atoms with E-state index in [1.54, 1.807) is 0 Å². The summed E-state index contributed by atoms with van der Waals surface area (Å²) in [5.74, 6) is -0.0268. The molecule has 0 spiro atoms. The average Bonchev–Trinajstić information content (AvgIpc) is 2.46. The molecular formula is C17H22O3. The third-order valence-corrected chi connectivity index (χ3v) is 4.21. The summed E-state index contributed by atoms with van der Waals surface area (Å²) in [6.45, 7) is 2.03. The van der Waals surface area contributed by atoms with Gasteiger partial charge in [-0.15, -0.1) is 0 Å². The second-order valence-corrected chi connectivity index (χ2v) is 5.62. The zero-order valence-corrected chi connectivity index (χ0v) is 12.2. The summed E-state index contributed by atoms with van der Waals surface area (Å²) >= 11 is 0. The molecule has 0 N–H and O–H groups in total. The van der Waals surface area contributed by atoms with Crippen LogP contribution in [0.25, 0.3) is 0 Å². The summed E-state index contributed by atoms with van der Waals surface area (Å²) in [7, 11) is 1.40. The highest BCUT2D eigenvalue weighted by Crippen LogP contribution is 2.36. The number of rotatable bonds is 4. The summed E-state index contributed by atoms with van der Waals surface area (Å²) in [5.41, 5.74) is 2.25. The van der Waals surface area contributed by atoms with Gasteiger partial charge in [0.05, 0.1) is 13.5 Å². The first-order chi connectivity index (χ1) is 9.61. The number of esters is 1. The summed E-state index contributed by atoms with van der Waals surface area (Å²) in [4.78, 5) is 23.9. The Bertz CT molecular complexity index is 476. The molecule has 1 aliphatic rings. The van der Waals surface area contributed by atoms with Crippen LogP contribution in [0, 0.1) is 12.8 Å². The van der Waals surface area contributed by atoms with Crippen LogP contribution in [-0.2, 0) is 14.3 Å². The predicted octanol–water partition coefficient (Wildman–Crippen LogP) is 3.40. The Morgan fingerprint density at radius 1 is 1.30 bits per heavy atom. The van der Waals surface area contributed by atoms with Gasteiger partial charge in [0.1, 0.15) is 5.78 Å². The van der Waals surface area contributed by atoms with E-state index in [9.17, 15) is 9.59 Å². The molecule has 0 aliphatic heterocycles. The van der Waals surface area contributed by atoms with E-state index in [0.29, 0.717) is 12.2 Å². The van der Waals surface area contributed by atoms with E-state index in [0.717, 1.165) is 24.8 Å². The normalized spacial score (nSPS) is 20.5. The third-order valence-electron chi connectivity index (χ3n) is 4.21. The topological polar surface area (TPSA) is 43.4 Å². The van der Waals surface area contributed by atoms with Crippen molar-refractivity contribution in [3.63, 3.8) is 0 Å². The van der Waals surface area contributed by atoms with Crippen molar-refractivity contribution in [1.82, 2.24) is 0 Å². The van der Waals surface area contributed by atoms with Gasteiger partial charge < -0.3 is 4.74 Å². The Kier molecular flexibility index (Phi) is 4.94. The van der Waals surface area contributed by atoms with Crippen molar-refractivity contribution < 1.29 is 14.3 Å². The second-order valence-electron chi connectivity index (χ2n) is 5.62. The van der Waals surface area contributed by atoms with Crippen LogP contribution in [0.15, 0.2) is 24.3 Å². The molecule has 0 aromatic heterocycles. The number of carbonyl (C=O) groups is 2. The monoisotopic (exact) mass is 274 g/mol. The summed E-state index contributed by atoms with van der Waals surface area (Å²) in [6.07, 6.45) is 3.87. The maximum absolute atomic E-state index is 12.2. The van der Waals surface area contributed by atoms with Crippen molar-refractivity contribution in [3.8, 4) is 0 Å². The largest absolute Gasteiger partial charge is 0.469 e. The molecule has 108 valence electrons. The SMILES string of the molecule is COC(=O)CC(c1ccc(C)cc1)C1CCCCC1=O. The first-order valence-corrected chi connectivity index (χ1v) is 7.28. The number of ketones is 1. The zero-order chi connectivity index (χ0) is 14.5. The van der Waals surface area contributed by atoms with Crippen LogP contribution >= 0.6 is 0 Å². The molecule has 1 aromatic rings. The van der Waals surface area contributed by atoms with Crippen molar-refractivity contribution in [1.29, 1.82) is 0 Å². The van der Waals surface area contributed by atoms with Crippen LogP contribution in [-0.4, -0.2) is 18.9 Å². The Hall–Kier alpha value is -1.64. The number of aryl methyl sites for hydroxylation is 1. The van der Waals surface area contributed by atoms with Gasteiger partial charge in [-0.05, 0) is 25.3 Å². The smallest absolute Gasteiger partial charge is 0.306 e. The minimum absolute atomic E-state index is 0.0365. The molecule has 0 amide bonds. The molecule has 2 unspecified atom stereocenters. The van der Waals surface area contributed by atoms with Crippen LogP contribution in [0.2, 0.25) is 0 Å². The minimum Gasteiger partial charge on any atom is -0.469 e. The Morgan fingerprint density at radius 3 is 2.60 bits per heavy atom. The molecule has 1 fully saturated rings. The molecule has 1 saturated carbocycles. The van der Waals surface area contributed by atoms with E-state index in [4.69, 9.17) is 4.74 Å². The van der Waals surface area contributed by atoms with Crippen LogP contribution in [0.3, 0.4) is 0 Å². The lowest BCUT2D eigenvalue weighted by atomic mass is 9.74. The molecule has 2 atom stereocenters. The zero-order valence-electron chi connectivity index (χ0n) is 12.2. The molecule has 20 heavy (non-hydrogen) atoms. The van der Waals surface area contributed by atoms with Crippen molar-refractivity contribution in [3.05, 3.63) is 35.4 Å². The number of benzene rings is 1. The van der Waals surface area contributed by atoms with Crippen LogP contribution in [0.5, 0.6) is 0 Å². The highest BCUT2D eigenvalue weighted by molar-refractivity contribution is 5.83. The molecule has 1 aromatic carbocycles. The first-order valence-electron chi connectivity index (χ1n) is 7.28. The molecule has 0 saturated heterocycles. The van der Waals surface area contributed by atoms with Crippen molar-refractivity contribution >= 4 is 11.8 Å². The number of methoxy groups -OCH3 is 1. The first kappa shape index (κ1) is 14.8. The van der Waals surface area contributed by atoms with Crippen LogP contribution < -0.4 is 0 Å². The number of ether oxygens (including phenoxy) is 1. The van der Waals surface area contributed by atoms with Gasteiger partial charge in [0, 0.05) is 18.3 Å². The summed E-state index contributed by atoms with van der Waals surface area (Å²) in [6, 6.07) is 8.13. The highest BCUT2D eigenvalue weighted by Gasteiger charge is 2.32. The Labute approximate surface area is 120 Å². The molecule has 0 heterocycles. The van der Waals surface area contributed by atoms with E-state index < -0.39 is 0 Å². The Morgan fingerprint density at radius 2 is 2.00 bits per heavy atom. The molecule has 3 nitrogen and oxygen atoms in total. The molecule has 0 bridgehead atoms. The average molecular weight is 274 g/mol. The van der Waals surface area contributed by atoms with Crippen molar-refractivity contribution in [2.45, 2.75) is 44.9 Å². The number of carbonyl (C=O) groups excluding carboxylic acids is 2. The van der Waals surface area contributed by atoms with Gasteiger partial charge in [0.15, 0.2) is 0 Å². The van der Waals surface area contributed by atoms with Gasteiger partial charge in [-0.3, -0.25) is 9.59 Å². The highest BCUT2D eigenvalue weighted by atomic mass is 16.5. The third kappa shape index (κ3) is 3.47. The van der Waals surface area contributed by atoms with Gasteiger partial charge in [0.25, 0.3) is 0 Å². The second kappa shape index (κ2) is 6.69. The lowest BCUT2D eigenvalue weighted by molar-refractivity contribution is -0.141. The van der Waals surface area contributed by atoms with E-state index in [2.05, 4.69) is 0 Å². The van der Waals surface area contributed by atoms with E-state index in [1.807, 2.05) is 31.2 Å². The van der Waals surface area contributed by atoms with Crippen molar-refractivity contribution in [2.24, 2.45) is 5.92 Å². The van der Waals surface area contributed by atoms with Crippen molar-refractivity contribution in [2.75, 3.05) is 7.11 Å². The molecule has 3 heteroatoms. The van der Waals surface area contributed by atoms with Crippen LogP contribution in [0.1, 0.15) is 49.1 Å². The standard InChI is InChI=1S/C17H22O3/c1-12-7-9-13(10-8-12)15(11-17(19)20-2)14-5-3-4-6-16(14)18/h7-10,14-15H,3-6,11H2,1-2H3. The lowest BCUT2D eigenvalue weighted by Crippen LogP contribution is -2.27. The molecular weight excluding hydrogens is 252 g/mol. The maximum Gasteiger partial charge on any atom is 0.306 e. The lowest BCUT2D eigenvalue weighted by Gasteiger charge is -2.29. The molecule has 0 radical (unpaired) electrons. The van der Waals surface area contributed by atoms with Crippen LogP contribution in [0.4, 0.5) is 0 Å². The summed E-state index contributed by atoms with van der Waals surface area (Å²) < 4.78 is 4.80. The number of Topliss-reactive ketones (excluding diaryl/α,β-unsaturated/α-hetero) is 1. The van der Waals surface area contributed by atoms with Gasteiger partial charge in [-0.1, -0.05) is 36.2 Å². The fourth-order valence-electron chi connectivity index (χ4n) is 3.00. The summed E-state index contributed by atoms with van der Waals surface area (Å²) in [5, 5.41) is 0. The fourth-order valence-corrected chi connectivity index (χ4v) is 3.00. The van der Waals surface area contributed by atoms with E-state index in [1.165, 1.54) is 12.7 Å². The van der Waals surface area contributed by atoms with Gasteiger partial charge >= 0.3 is 5.97 Å². The quantitative estimate of drug-likeness (QED) is 0.790. The van der Waals surface area contributed by atoms with Gasteiger partial charge in [-0.2, -0.15) is 0 Å². The predicted molar refractivity (Wildman–Crippen MR) is 77.5 cm³/mol. The fraction of sp³-hybridized carbons (Fsp3) is 0.529. The van der Waals surface area contributed by atoms with Gasteiger partial charge in [-0.25, -0.2) is 0 Å². The number of hydrogen-bond acceptors (Lipinski definition) is 3.